The summed E-state index contributed by atoms with van der Waals surface area (Å²) < 4.78 is 33.3. The standard InChI is InChI=1S/C47H82NO7P/c1-3-5-7-9-11-13-15-17-19-20-21-22-23-24-25-27-29-31-33-35-37-39-42-52-44-46(45-54-56(50,51)53-43-41-48)55-47(49)40-38-36-34-32-30-28-26-18-16-14-12-10-8-6-4-2/h6,8,12,14-15,17-18,20-21,26,30,32,36,38,46H,3-5,7,9-11,13,16,19,22-25,27-29,31,33-35,37,39-45,48H2,1-2H3,(H,50,51)/b8-6-,14-12-,17-15-,21-20-,26-18-,32-30-,38-36-. The fourth-order valence-corrected chi connectivity index (χ4v) is 6.40. The first-order chi connectivity index (χ1) is 27.4. The van der Waals surface area contributed by atoms with Crippen LogP contribution >= 0.6 is 7.82 Å². The SMILES string of the molecule is CC/C=C\C/C=C\C/C=C\C/C=C\C/C=C\CC(=O)OC(COCCCCCCCCCCCC/C=C\C/C=C\CCCCCCC)COP(=O)(O)OCCN. The number of phosphoric acid groups is 1. The molecule has 0 heterocycles. The van der Waals surface area contributed by atoms with E-state index in [0.29, 0.717) is 13.0 Å². The molecule has 9 heteroatoms. The molecule has 0 aromatic carbocycles. The molecular formula is C47H82NO7P. The molecule has 0 amide bonds. The molecule has 0 aromatic rings. The third-order valence-corrected chi connectivity index (χ3v) is 9.81. The summed E-state index contributed by atoms with van der Waals surface area (Å²) in [6, 6.07) is 0. The van der Waals surface area contributed by atoms with E-state index in [-0.39, 0.29) is 32.8 Å². The van der Waals surface area contributed by atoms with Crippen molar-refractivity contribution in [1.29, 1.82) is 0 Å². The normalized spacial score (nSPS) is 14.3. The van der Waals surface area contributed by atoms with E-state index < -0.39 is 19.9 Å². The van der Waals surface area contributed by atoms with Crippen molar-refractivity contribution in [3.05, 3.63) is 85.1 Å². The van der Waals surface area contributed by atoms with Gasteiger partial charge in [0, 0.05) is 13.2 Å². The zero-order chi connectivity index (χ0) is 40.9. The number of carbonyl (C=O) groups is 1. The molecule has 0 radical (unpaired) electrons. The summed E-state index contributed by atoms with van der Waals surface area (Å²) in [5.74, 6) is -0.460. The van der Waals surface area contributed by atoms with Crippen LogP contribution in [0.2, 0.25) is 0 Å². The molecule has 3 N–H and O–H groups in total. The quantitative estimate of drug-likeness (QED) is 0.0272. The van der Waals surface area contributed by atoms with Gasteiger partial charge in [0.2, 0.25) is 0 Å². The van der Waals surface area contributed by atoms with Crippen molar-refractivity contribution in [3.8, 4) is 0 Å². The molecule has 0 aliphatic heterocycles. The molecule has 8 nitrogen and oxygen atoms in total. The van der Waals surface area contributed by atoms with Crippen LogP contribution in [-0.4, -0.2) is 49.9 Å². The van der Waals surface area contributed by atoms with Crippen LogP contribution in [0.3, 0.4) is 0 Å². The number of esters is 1. The first-order valence-electron chi connectivity index (χ1n) is 22.1. The minimum Gasteiger partial charge on any atom is -0.457 e. The fraction of sp³-hybridized carbons (Fsp3) is 0.681. The van der Waals surface area contributed by atoms with Crippen molar-refractivity contribution < 1.29 is 32.8 Å². The summed E-state index contributed by atoms with van der Waals surface area (Å²) in [4.78, 5) is 22.4. The van der Waals surface area contributed by atoms with E-state index in [1.807, 2.05) is 6.08 Å². The number of hydrogen-bond acceptors (Lipinski definition) is 7. The summed E-state index contributed by atoms with van der Waals surface area (Å²) in [6.07, 6.45) is 56.4. The maximum Gasteiger partial charge on any atom is 0.472 e. The van der Waals surface area contributed by atoms with E-state index in [9.17, 15) is 14.3 Å². The minimum atomic E-state index is -4.31. The molecule has 0 saturated carbocycles. The fourth-order valence-electron chi connectivity index (χ4n) is 5.63. The lowest BCUT2D eigenvalue weighted by Crippen LogP contribution is -2.28. The zero-order valence-corrected chi connectivity index (χ0v) is 36.5. The van der Waals surface area contributed by atoms with E-state index in [0.717, 1.165) is 44.9 Å². The predicted octanol–water partition coefficient (Wildman–Crippen LogP) is 13.3. The second-order valence-corrected chi connectivity index (χ2v) is 15.6. The van der Waals surface area contributed by atoms with Crippen molar-refractivity contribution in [2.75, 3.05) is 33.0 Å². The van der Waals surface area contributed by atoms with Crippen molar-refractivity contribution in [2.24, 2.45) is 5.73 Å². The molecule has 2 atom stereocenters. The highest BCUT2D eigenvalue weighted by Gasteiger charge is 2.25. The largest absolute Gasteiger partial charge is 0.472 e. The zero-order valence-electron chi connectivity index (χ0n) is 35.6. The number of nitrogens with two attached hydrogens (primary N) is 1. The lowest BCUT2D eigenvalue weighted by molar-refractivity contribution is -0.153. The first kappa shape index (κ1) is 53.7. The van der Waals surface area contributed by atoms with Gasteiger partial charge in [0.05, 0.1) is 26.2 Å². The Bertz CT molecular complexity index is 1130. The van der Waals surface area contributed by atoms with Gasteiger partial charge in [0.25, 0.3) is 0 Å². The summed E-state index contributed by atoms with van der Waals surface area (Å²) in [6.45, 7) is 4.64. The van der Waals surface area contributed by atoms with E-state index in [2.05, 4.69) is 86.8 Å². The van der Waals surface area contributed by atoms with Gasteiger partial charge in [-0.2, -0.15) is 0 Å². The number of hydrogen-bond donors (Lipinski definition) is 2. The van der Waals surface area contributed by atoms with Crippen molar-refractivity contribution >= 4 is 13.8 Å². The highest BCUT2D eigenvalue weighted by atomic mass is 31.2. The lowest BCUT2D eigenvalue weighted by atomic mass is 10.1. The van der Waals surface area contributed by atoms with Gasteiger partial charge in [-0.1, -0.05) is 176 Å². The highest BCUT2D eigenvalue weighted by molar-refractivity contribution is 7.47. The lowest BCUT2D eigenvalue weighted by Gasteiger charge is -2.19. The Labute approximate surface area is 343 Å². The van der Waals surface area contributed by atoms with Crippen LogP contribution in [0.25, 0.3) is 0 Å². The Morgan fingerprint density at radius 2 is 1.00 bits per heavy atom. The monoisotopic (exact) mass is 804 g/mol. The van der Waals surface area contributed by atoms with E-state index in [1.165, 1.54) is 96.3 Å². The molecule has 0 aliphatic rings. The van der Waals surface area contributed by atoms with Gasteiger partial charge in [-0.05, 0) is 70.6 Å². The topological polar surface area (TPSA) is 117 Å². The average Bonchev–Trinajstić information content (AvgIpc) is 3.19. The Balaban J connectivity index is 4.11. The van der Waals surface area contributed by atoms with Crippen LogP contribution in [-0.2, 0) is 27.9 Å². The molecule has 0 bridgehead atoms. The van der Waals surface area contributed by atoms with Gasteiger partial charge < -0.3 is 20.1 Å². The number of unbranched alkanes of at least 4 members (excludes halogenated alkanes) is 15. The van der Waals surface area contributed by atoms with Gasteiger partial charge in [-0.15, -0.1) is 0 Å². The molecule has 0 aromatic heterocycles. The van der Waals surface area contributed by atoms with Crippen LogP contribution in [0.15, 0.2) is 85.1 Å². The molecule has 0 rings (SSSR count). The second kappa shape index (κ2) is 43.8. The predicted molar refractivity (Wildman–Crippen MR) is 238 cm³/mol. The van der Waals surface area contributed by atoms with Crippen molar-refractivity contribution in [1.82, 2.24) is 0 Å². The second-order valence-electron chi connectivity index (χ2n) is 14.2. The Hall–Kier alpha value is -2.32. The number of allylic oxidation sites excluding steroid dienone is 13. The summed E-state index contributed by atoms with van der Waals surface area (Å²) in [5.41, 5.74) is 5.36. The van der Waals surface area contributed by atoms with Crippen LogP contribution < -0.4 is 5.73 Å². The van der Waals surface area contributed by atoms with Crippen LogP contribution in [0.4, 0.5) is 0 Å². The van der Waals surface area contributed by atoms with Crippen molar-refractivity contribution in [3.63, 3.8) is 0 Å². The molecule has 2 unspecified atom stereocenters. The third kappa shape index (κ3) is 42.8. The number of carbonyl (C=O) groups excluding carboxylic acids is 1. The van der Waals surface area contributed by atoms with Crippen LogP contribution in [0.5, 0.6) is 0 Å². The summed E-state index contributed by atoms with van der Waals surface area (Å²) in [5, 5.41) is 0. The highest BCUT2D eigenvalue weighted by Crippen LogP contribution is 2.43. The smallest absolute Gasteiger partial charge is 0.457 e. The molecule has 0 fully saturated rings. The Kier molecular flexibility index (Phi) is 42.0. The molecule has 0 spiro atoms. The summed E-state index contributed by atoms with van der Waals surface area (Å²) >= 11 is 0. The van der Waals surface area contributed by atoms with Gasteiger partial charge in [0.1, 0.15) is 6.10 Å². The molecule has 0 saturated heterocycles. The van der Waals surface area contributed by atoms with Crippen molar-refractivity contribution in [2.45, 2.75) is 174 Å². The number of rotatable bonds is 41. The summed E-state index contributed by atoms with van der Waals surface area (Å²) in [7, 11) is -4.31. The Morgan fingerprint density at radius 3 is 1.50 bits per heavy atom. The molecule has 322 valence electrons. The molecular weight excluding hydrogens is 721 g/mol. The number of ether oxygens (including phenoxy) is 2. The average molecular weight is 804 g/mol. The number of phosphoric ester groups is 1. The van der Waals surface area contributed by atoms with Gasteiger partial charge in [0.15, 0.2) is 0 Å². The maximum atomic E-state index is 12.5. The van der Waals surface area contributed by atoms with Crippen LogP contribution in [0.1, 0.15) is 168 Å². The maximum absolute atomic E-state index is 12.5. The minimum absolute atomic E-state index is 0.0698. The van der Waals surface area contributed by atoms with Gasteiger partial charge in [-0.3, -0.25) is 13.8 Å². The van der Waals surface area contributed by atoms with Crippen LogP contribution in [0, 0.1) is 0 Å². The first-order valence-corrected chi connectivity index (χ1v) is 23.6. The molecule has 56 heavy (non-hydrogen) atoms. The molecule has 0 aliphatic carbocycles. The van der Waals surface area contributed by atoms with Gasteiger partial charge >= 0.3 is 13.8 Å². The van der Waals surface area contributed by atoms with E-state index in [4.69, 9.17) is 24.3 Å². The van der Waals surface area contributed by atoms with Gasteiger partial charge in [-0.25, -0.2) is 4.57 Å². The van der Waals surface area contributed by atoms with E-state index >= 15 is 0 Å². The Morgan fingerprint density at radius 1 is 0.554 bits per heavy atom. The third-order valence-electron chi connectivity index (χ3n) is 8.83. The van der Waals surface area contributed by atoms with E-state index in [1.54, 1.807) is 6.08 Å².